The van der Waals surface area contributed by atoms with Crippen molar-refractivity contribution in [3.63, 3.8) is 0 Å². The Morgan fingerprint density at radius 2 is 1.68 bits per heavy atom. The molecule has 2 bridgehead atoms. The second-order valence-corrected chi connectivity index (χ2v) is 18.7. The number of likely N-dealkylation sites (N-methyl/N-ethyl adjacent to an activating group) is 1. The zero-order valence-corrected chi connectivity index (χ0v) is 38.7. The number of aromatic nitrogens is 3. The molecule has 5 amide bonds. The van der Waals surface area contributed by atoms with Gasteiger partial charge >= 0.3 is 0 Å². The van der Waals surface area contributed by atoms with Gasteiger partial charge in [0.1, 0.15) is 11.8 Å². The molecule has 0 radical (unpaired) electrons. The number of nitrogens with zero attached hydrogens (tertiary/aromatic N) is 8. The smallest absolute Gasteiger partial charge is 0.262 e. The van der Waals surface area contributed by atoms with Crippen LogP contribution in [0.3, 0.4) is 0 Å². The molecule has 0 spiro atoms. The lowest BCUT2D eigenvalue weighted by Gasteiger charge is -2.44. The number of methoxy groups -OCH3 is 1. The number of fused-ring (bicyclic) bond motifs is 4. The van der Waals surface area contributed by atoms with Gasteiger partial charge in [-0.1, -0.05) is 24.8 Å². The van der Waals surface area contributed by atoms with Crippen LogP contribution in [0.1, 0.15) is 59.2 Å². The van der Waals surface area contributed by atoms with Crippen LogP contribution in [0.4, 0.5) is 28.7 Å². The van der Waals surface area contributed by atoms with Crippen LogP contribution in [0.5, 0.6) is 5.75 Å². The van der Waals surface area contributed by atoms with Gasteiger partial charge in [0, 0.05) is 106 Å². The Morgan fingerprint density at radius 1 is 0.912 bits per heavy atom. The zero-order chi connectivity index (χ0) is 47.2. The van der Waals surface area contributed by atoms with Crippen LogP contribution in [-0.4, -0.2) is 137 Å². The average Bonchev–Trinajstić information content (AvgIpc) is 3.92. The van der Waals surface area contributed by atoms with E-state index in [2.05, 4.69) is 70.0 Å². The first kappa shape index (κ1) is 44.7. The maximum Gasteiger partial charge on any atom is 0.262 e. The van der Waals surface area contributed by atoms with Crippen molar-refractivity contribution < 1.29 is 28.7 Å². The molecular formula is C51H57N11O6. The van der Waals surface area contributed by atoms with Crippen LogP contribution in [-0.2, 0) is 21.4 Å². The summed E-state index contributed by atoms with van der Waals surface area (Å²) in [5.74, 6) is -0.694. The first-order valence-electron chi connectivity index (χ1n) is 23.6. The molecule has 10 rings (SSSR count). The average molecular weight is 920 g/mol. The third-order valence-corrected chi connectivity index (χ3v) is 14.5. The van der Waals surface area contributed by atoms with Crippen molar-refractivity contribution in [1.82, 2.24) is 34.6 Å². The molecule has 0 saturated carbocycles. The van der Waals surface area contributed by atoms with Gasteiger partial charge in [-0.05, 0) is 93.6 Å². The normalized spacial score (nSPS) is 21.0. The number of para-hydroxylation sites is 1. The van der Waals surface area contributed by atoms with E-state index in [9.17, 15) is 24.0 Å². The number of hydrogen-bond donors (Lipinski definition) is 3. The van der Waals surface area contributed by atoms with Crippen molar-refractivity contribution in [2.45, 2.75) is 56.7 Å². The monoisotopic (exact) mass is 919 g/mol. The molecule has 352 valence electrons. The number of piperidine rings is 2. The fourth-order valence-electron chi connectivity index (χ4n) is 11.0. The number of rotatable bonds is 14. The predicted molar refractivity (Wildman–Crippen MR) is 260 cm³/mol. The Labute approximate surface area is 395 Å². The molecule has 4 saturated heterocycles. The van der Waals surface area contributed by atoms with E-state index in [0.717, 1.165) is 110 Å². The molecule has 17 heteroatoms. The minimum atomic E-state index is -0.978. The van der Waals surface area contributed by atoms with Crippen molar-refractivity contribution in [2.24, 2.45) is 13.0 Å². The maximum atomic E-state index is 13.6. The van der Waals surface area contributed by atoms with E-state index in [1.54, 1.807) is 19.4 Å². The van der Waals surface area contributed by atoms with Gasteiger partial charge in [0.25, 0.3) is 11.8 Å². The lowest BCUT2D eigenvalue weighted by molar-refractivity contribution is -0.136. The summed E-state index contributed by atoms with van der Waals surface area (Å²) in [7, 11) is 5.67. The molecule has 3 N–H and O–H groups in total. The fraction of sp³-hybridized carbons (Fsp3) is 0.392. The molecule has 4 fully saturated rings. The highest BCUT2D eigenvalue weighted by Gasteiger charge is 2.46. The second kappa shape index (κ2) is 18.5. The lowest BCUT2D eigenvalue weighted by atomic mass is 9.95. The van der Waals surface area contributed by atoms with Crippen molar-refractivity contribution in [1.29, 1.82) is 0 Å². The highest BCUT2D eigenvalue weighted by molar-refractivity contribution is 6.23. The van der Waals surface area contributed by atoms with Crippen LogP contribution >= 0.6 is 0 Å². The molecule has 7 heterocycles. The van der Waals surface area contributed by atoms with Crippen LogP contribution in [0, 0.1) is 5.92 Å². The molecule has 2 aromatic heterocycles. The van der Waals surface area contributed by atoms with Crippen LogP contribution in [0.25, 0.3) is 22.2 Å². The van der Waals surface area contributed by atoms with Crippen LogP contribution < -0.4 is 30.5 Å². The lowest BCUT2D eigenvalue weighted by Crippen LogP contribution is -2.55. The summed E-state index contributed by atoms with van der Waals surface area (Å²) in [4.78, 5) is 84.1. The molecule has 68 heavy (non-hydrogen) atoms. The van der Waals surface area contributed by atoms with E-state index < -0.39 is 23.8 Å². The summed E-state index contributed by atoms with van der Waals surface area (Å²) in [5, 5.41) is 9.71. The first-order valence-corrected chi connectivity index (χ1v) is 23.6. The minimum Gasteiger partial charge on any atom is -0.494 e. The number of benzene rings is 3. The number of piperazine rings is 1. The molecule has 5 aliphatic rings. The summed E-state index contributed by atoms with van der Waals surface area (Å²) in [5.41, 5.74) is 6.49. The number of nitrogens with one attached hydrogen (secondary N) is 3. The minimum absolute atomic E-state index is 0.0914. The molecule has 3 aromatic carbocycles. The summed E-state index contributed by atoms with van der Waals surface area (Å²) in [6.45, 7) is 10.2. The van der Waals surface area contributed by atoms with Gasteiger partial charge in [0.15, 0.2) is 0 Å². The Balaban J connectivity index is 0.740. The van der Waals surface area contributed by atoms with Gasteiger partial charge in [-0.15, -0.1) is 0 Å². The van der Waals surface area contributed by atoms with E-state index in [1.165, 1.54) is 6.08 Å². The summed E-state index contributed by atoms with van der Waals surface area (Å²) in [6, 6.07) is 19.0. The maximum absolute atomic E-state index is 13.6. The van der Waals surface area contributed by atoms with E-state index >= 15 is 0 Å². The zero-order valence-electron chi connectivity index (χ0n) is 38.7. The summed E-state index contributed by atoms with van der Waals surface area (Å²) < 4.78 is 7.98. The summed E-state index contributed by atoms with van der Waals surface area (Å²) in [6.07, 6.45) is 9.65. The van der Waals surface area contributed by atoms with Gasteiger partial charge in [-0.2, -0.15) is 0 Å². The van der Waals surface area contributed by atoms with E-state index in [1.807, 2.05) is 56.6 Å². The Hall–Kier alpha value is -7.11. The molecule has 17 nitrogen and oxygen atoms in total. The van der Waals surface area contributed by atoms with Crippen molar-refractivity contribution in [3.05, 3.63) is 96.8 Å². The van der Waals surface area contributed by atoms with Crippen molar-refractivity contribution >= 4 is 69.1 Å². The largest absolute Gasteiger partial charge is 0.494 e. The molecule has 0 aliphatic carbocycles. The van der Waals surface area contributed by atoms with E-state index in [0.29, 0.717) is 52.2 Å². The quantitative estimate of drug-likeness (QED) is 0.0953. The molecular weight excluding hydrogens is 863 g/mol. The standard InChI is InChI=1S/C51H57N11O6/c1-5-46(63)53-40-25-41(55-51-52-19-16-39(54-51)38-30-58(3)42-9-7-6-8-35(38)42)45(68-4)26-44(40)57(2)22-23-59-20-17-31(18-21-59)27-60-28-33-10-11-34(29-60)61(33)32-12-13-36-37(24-32)50(67)62(49(36)66)43-14-15-47(64)56-48(43)65/h5-9,12-13,16,19,24-26,30-31,33-34,43H,1,10-11,14-15,17-18,20-23,27-29H2,2-4H3,(H,53,63)(H,52,54,55)(H,56,64,65). The van der Waals surface area contributed by atoms with Gasteiger partial charge in [-0.25, -0.2) is 9.97 Å². The van der Waals surface area contributed by atoms with Gasteiger partial charge in [0.2, 0.25) is 23.7 Å². The molecule has 5 aliphatic heterocycles. The predicted octanol–water partition coefficient (Wildman–Crippen LogP) is 5.41. The van der Waals surface area contributed by atoms with Crippen molar-refractivity contribution in [3.8, 4) is 17.0 Å². The third kappa shape index (κ3) is 8.55. The Bertz CT molecular complexity index is 2820. The highest BCUT2D eigenvalue weighted by Crippen LogP contribution is 2.40. The SMILES string of the molecule is C=CC(=O)Nc1cc(Nc2nccc(-c3cn(C)c4ccccc34)n2)c(OC)cc1N(C)CCN1CCC(CN2CC3CCC(C2)N3c2ccc3c(c2)C(=O)N(C2CCC(=O)NC2=O)C3=O)CC1. The number of amides is 5. The van der Waals surface area contributed by atoms with Gasteiger partial charge in [-0.3, -0.25) is 39.1 Å². The van der Waals surface area contributed by atoms with E-state index in [-0.39, 0.29) is 24.7 Å². The highest BCUT2D eigenvalue weighted by atomic mass is 16.5. The number of imide groups is 2. The van der Waals surface area contributed by atoms with E-state index in [4.69, 9.17) is 9.72 Å². The summed E-state index contributed by atoms with van der Waals surface area (Å²) >= 11 is 0. The number of carbonyl (C=O) groups excluding carboxylic acids is 5. The third-order valence-electron chi connectivity index (χ3n) is 14.5. The number of likely N-dealkylation sites (tertiary alicyclic amines) is 2. The van der Waals surface area contributed by atoms with Crippen LogP contribution in [0.2, 0.25) is 0 Å². The number of carbonyl (C=O) groups is 5. The fourth-order valence-corrected chi connectivity index (χ4v) is 11.0. The molecule has 3 atom stereocenters. The molecule has 3 unspecified atom stereocenters. The number of ether oxygens (including phenoxy) is 1. The Morgan fingerprint density at radius 3 is 2.43 bits per heavy atom. The Kier molecular flexibility index (Phi) is 12.2. The number of anilines is 5. The number of hydrogen-bond acceptors (Lipinski definition) is 13. The number of aryl methyl sites for hydroxylation is 1. The van der Waals surface area contributed by atoms with Crippen LogP contribution in [0.15, 0.2) is 85.7 Å². The topological polar surface area (TPSA) is 178 Å². The van der Waals surface area contributed by atoms with Gasteiger partial charge in [0.05, 0.1) is 41.0 Å². The molecule has 5 aromatic rings. The van der Waals surface area contributed by atoms with Crippen molar-refractivity contribution in [2.75, 3.05) is 80.4 Å². The second-order valence-electron chi connectivity index (χ2n) is 18.7. The van der Waals surface area contributed by atoms with Gasteiger partial charge < -0.3 is 34.6 Å². The first-order chi connectivity index (χ1) is 33.0.